The minimum Gasteiger partial charge on any atom is -0.497 e. The molecule has 1 amide bonds. The van der Waals surface area contributed by atoms with Gasteiger partial charge in [-0.3, -0.25) is 9.78 Å². The van der Waals surface area contributed by atoms with Crippen LogP contribution in [0.2, 0.25) is 5.02 Å². The van der Waals surface area contributed by atoms with Crippen LogP contribution in [0.4, 0.5) is 0 Å². The molecule has 0 aliphatic rings. The van der Waals surface area contributed by atoms with Crippen molar-refractivity contribution in [3.05, 3.63) is 65.3 Å². The highest BCUT2D eigenvalue weighted by Crippen LogP contribution is 2.23. The summed E-state index contributed by atoms with van der Waals surface area (Å²) in [4.78, 5) is 18.7. The second kappa shape index (κ2) is 8.06. The van der Waals surface area contributed by atoms with Crippen molar-refractivity contribution < 1.29 is 14.3 Å². The van der Waals surface area contributed by atoms with E-state index < -0.39 is 0 Å². The number of aromatic nitrogens is 1. The molecule has 0 N–H and O–H groups in total. The molecular weight excluding hydrogens is 352 g/mol. The first-order valence-electron chi connectivity index (χ1n) is 8.15. The number of benzene rings is 2. The maximum absolute atomic E-state index is 12.8. The van der Waals surface area contributed by atoms with E-state index in [1.807, 2.05) is 36.4 Å². The standard InChI is InChI=1S/C20H19ClN2O3/c1-23(10-11-26-17-7-5-16(25-2)6-8-17)20(24)18-13-15(21)12-14-4-3-9-22-19(14)18/h3-9,12-13H,10-11H2,1-2H3. The fourth-order valence-corrected chi connectivity index (χ4v) is 2.82. The van der Waals surface area contributed by atoms with Crippen LogP contribution in [-0.2, 0) is 0 Å². The van der Waals surface area contributed by atoms with E-state index in [1.54, 1.807) is 37.4 Å². The average molecular weight is 371 g/mol. The Kier molecular flexibility index (Phi) is 5.58. The number of fused-ring (bicyclic) bond motifs is 1. The predicted molar refractivity (Wildman–Crippen MR) is 102 cm³/mol. The summed E-state index contributed by atoms with van der Waals surface area (Å²) in [5.41, 5.74) is 1.13. The van der Waals surface area contributed by atoms with Gasteiger partial charge in [0.2, 0.25) is 0 Å². The van der Waals surface area contributed by atoms with Crippen LogP contribution in [-0.4, -0.2) is 43.1 Å². The number of methoxy groups -OCH3 is 1. The van der Waals surface area contributed by atoms with Crippen LogP contribution in [0.1, 0.15) is 10.4 Å². The SMILES string of the molecule is COc1ccc(OCCN(C)C(=O)c2cc(Cl)cc3cccnc23)cc1. The Bertz CT molecular complexity index is 913. The smallest absolute Gasteiger partial charge is 0.255 e. The van der Waals surface area contributed by atoms with Gasteiger partial charge < -0.3 is 14.4 Å². The third-order valence-electron chi connectivity index (χ3n) is 4.00. The quantitative estimate of drug-likeness (QED) is 0.657. The maximum atomic E-state index is 12.8. The molecule has 0 aliphatic carbocycles. The largest absolute Gasteiger partial charge is 0.497 e. The molecule has 0 aliphatic heterocycles. The van der Waals surface area contributed by atoms with Crippen molar-refractivity contribution in [2.45, 2.75) is 0 Å². The number of carbonyl (C=O) groups is 1. The van der Waals surface area contributed by atoms with Crippen molar-refractivity contribution in [2.75, 3.05) is 27.3 Å². The number of likely N-dealkylation sites (N-methyl/N-ethyl adjacent to an activating group) is 1. The van der Waals surface area contributed by atoms with Gasteiger partial charge in [-0.25, -0.2) is 0 Å². The van der Waals surface area contributed by atoms with Crippen LogP contribution in [0.3, 0.4) is 0 Å². The number of carbonyl (C=O) groups excluding carboxylic acids is 1. The molecular formula is C20H19ClN2O3. The molecule has 0 unspecified atom stereocenters. The molecule has 0 radical (unpaired) electrons. The monoisotopic (exact) mass is 370 g/mol. The summed E-state index contributed by atoms with van der Waals surface area (Å²) in [7, 11) is 3.35. The third-order valence-corrected chi connectivity index (χ3v) is 4.22. The van der Waals surface area contributed by atoms with Crippen molar-refractivity contribution >= 4 is 28.4 Å². The fourth-order valence-electron chi connectivity index (χ4n) is 2.60. The zero-order valence-corrected chi connectivity index (χ0v) is 15.4. The lowest BCUT2D eigenvalue weighted by molar-refractivity contribution is 0.0775. The van der Waals surface area contributed by atoms with E-state index in [9.17, 15) is 4.79 Å². The van der Waals surface area contributed by atoms with Gasteiger partial charge in [0, 0.05) is 23.7 Å². The summed E-state index contributed by atoms with van der Waals surface area (Å²) in [5, 5.41) is 1.35. The van der Waals surface area contributed by atoms with Gasteiger partial charge in [-0.2, -0.15) is 0 Å². The highest BCUT2D eigenvalue weighted by Gasteiger charge is 2.16. The highest BCUT2D eigenvalue weighted by molar-refractivity contribution is 6.32. The van der Waals surface area contributed by atoms with Gasteiger partial charge in [0.15, 0.2) is 0 Å². The lowest BCUT2D eigenvalue weighted by Gasteiger charge is -2.18. The molecule has 0 bridgehead atoms. The number of ether oxygens (including phenoxy) is 2. The Morgan fingerprint density at radius 1 is 1.15 bits per heavy atom. The zero-order chi connectivity index (χ0) is 18.5. The Morgan fingerprint density at radius 2 is 1.88 bits per heavy atom. The van der Waals surface area contributed by atoms with E-state index in [0.717, 1.165) is 16.9 Å². The van der Waals surface area contributed by atoms with Crippen LogP contribution in [0.15, 0.2) is 54.7 Å². The van der Waals surface area contributed by atoms with Crippen LogP contribution in [0.5, 0.6) is 11.5 Å². The highest BCUT2D eigenvalue weighted by atomic mass is 35.5. The predicted octanol–water partition coefficient (Wildman–Crippen LogP) is 4.05. The third kappa shape index (κ3) is 4.06. The first-order valence-corrected chi connectivity index (χ1v) is 8.53. The summed E-state index contributed by atoms with van der Waals surface area (Å²) in [6, 6.07) is 14.5. The van der Waals surface area contributed by atoms with Crippen molar-refractivity contribution in [1.82, 2.24) is 9.88 Å². The second-order valence-corrected chi connectivity index (χ2v) is 6.22. The maximum Gasteiger partial charge on any atom is 0.255 e. The fraction of sp³-hybridized carbons (Fsp3) is 0.200. The number of rotatable bonds is 6. The molecule has 3 aromatic rings. The number of nitrogens with zero attached hydrogens (tertiary/aromatic N) is 2. The average Bonchev–Trinajstić information content (AvgIpc) is 2.67. The number of halogens is 1. The molecule has 1 aromatic heterocycles. The van der Waals surface area contributed by atoms with Crippen molar-refractivity contribution in [3.8, 4) is 11.5 Å². The normalized spacial score (nSPS) is 10.6. The summed E-state index contributed by atoms with van der Waals surface area (Å²) < 4.78 is 10.8. The minimum atomic E-state index is -0.144. The summed E-state index contributed by atoms with van der Waals surface area (Å²) in [6.07, 6.45) is 1.67. The Labute approximate surface area is 157 Å². The Hall–Kier alpha value is -2.79. The molecule has 0 fully saturated rings. The topological polar surface area (TPSA) is 51.7 Å². The molecule has 0 saturated heterocycles. The van der Waals surface area contributed by atoms with E-state index in [-0.39, 0.29) is 5.91 Å². The second-order valence-electron chi connectivity index (χ2n) is 5.78. The summed E-state index contributed by atoms with van der Waals surface area (Å²) in [6.45, 7) is 0.812. The Morgan fingerprint density at radius 3 is 2.62 bits per heavy atom. The van der Waals surface area contributed by atoms with Gasteiger partial charge in [0.05, 0.1) is 24.7 Å². The molecule has 5 nitrogen and oxygen atoms in total. The van der Waals surface area contributed by atoms with Gasteiger partial charge in [0.25, 0.3) is 5.91 Å². The van der Waals surface area contributed by atoms with Crippen molar-refractivity contribution in [3.63, 3.8) is 0 Å². The van der Waals surface area contributed by atoms with Crippen LogP contribution in [0.25, 0.3) is 10.9 Å². The molecule has 6 heteroatoms. The summed E-state index contributed by atoms with van der Waals surface area (Å²) in [5.74, 6) is 1.35. The first kappa shape index (κ1) is 18.0. The van der Waals surface area contributed by atoms with Crippen LogP contribution >= 0.6 is 11.6 Å². The number of amides is 1. The van der Waals surface area contributed by atoms with Crippen LogP contribution in [0, 0.1) is 0 Å². The lowest BCUT2D eigenvalue weighted by atomic mass is 10.1. The molecule has 26 heavy (non-hydrogen) atoms. The molecule has 1 heterocycles. The number of hydrogen-bond donors (Lipinski definition) is 0. The molecule has 3 rings (SSSR count). The molecule has 2 aromatic carbocycles. The van der Waals surface area contributed by atoms with Gasteiger partial charge >= 0.3 is 0 Å². The van der Waals surface area contributed by atoms with Gasteiger partial charge in [0.1, 0.15) is 18.1 Å². The van der Waals surface area contributed by atoms with E-state index in [0.29, 0.717) is 29.3 Å². The van der Waals surface area contributed by atoms with Crippen molar-refractivity contribution in [2.24, 2.45) is 0 Å². The van der Waals surface area contributed by atoms with E-state index in [1.165, 1.54) is 0 Å². The van der Waals surface area contributed by atoms with E-state index in [2.05, 4.69) is 4.98 Å². The van der Waals surface area contributed by atoms with E-state index >= 15 is 0 Å². The van der Waals surface area contributed by atoms with Gasteiger partial charge in [-0.1, -0.05) is 17.7 Å². The minimum absolute atomic E-state index is 0.144. The van der Waals surface area contributed by atoms with Gasteiger partial charge in [-0.05, 0) is 42.5 Å². The number of pyridine rings is 1. The Balaban J connectivity index is 1.66. The van der Waals surface area contributed by atoms with Gasteiger partial charge in [-0.15, -0.1) is 0 Å². The number of hydrogen-bond acceptors (Lipinski definition) is 4. The zero-order valence-electron chi connectivity index (χ0n) is 14.6. The van der Waals surface area contributed by atoms with E-state index in [4.69, 9.17) is 21.1 Å². The molecule has 0 saturated carbocycles. The lowest BCUT2D eigenvalue weighted by Crippen LogP contribution is -2.31. The first-order chi connectivity index (χ1) is 12.6. The van der Waals surface area contributed by atoms with Crippen molar-refractivity contribution in [1.29, 1.82) is 0 Å². The van der Waals surface area contributed by atoms with Crippen LogP contribution < -0.4 is 9.47 Å². The molecule has 134 valence electrons. The molecule has 0 atom stereocenters. The molecule has 0 spiro atoms. The summed E-state index contributed by atoms with van der Waals surface area (Å²) >= 11 is 6.15.